The molecule has 1 aromatic heterocycles. The highest BCUT2D eigenvalue weighted by atomic mass is 16.6. The van der Waals surface area contributed by atoms with Crippen molar-refractivity contribution < 1.29 is 9.72 Å². The van der Waals surface area contributed by atoms with Crippen molar-refractivity contribution in [2.24, 2.45) is 0 Å². The summed E-state index contributed by atoms with van der Waals surface area (Å²) < 4.78 is 0. The van der Waals surface area contributed by atoms with Crippen molar-refractivity contribution in [2.75, 3.05) is 0 Å². The number of benzene rings is 1. The predicted octanol–water partition coefficient (Wildman–Crippen LogP) is 2.35. The van der Waals surface area contributed by atoms with E-state index in [1.54, 1.807) is 30.3 Å². The Bertz CT molecular complexity index is 546. The molecule has 1 N–H and O–H groups in total. The van der Waals surface area contributed by atoms with Gasteiger partial charge in [-0.05, 0) is 11.0 Å². The fourth-order valence-electron chi connectivity index (χ4n) is 1.54. The van der Waals surface area contributed by atoms with Gasteiger partial charge in [-0.25, -0.2) is 4.98 Å². The van der Waals surface area contributed by atoms with Crippen LogP contribution in [0.1, 0.15) is 16.1 Å². The molecule has 17 heavy (non-hydrogen) atoms. The van der Waals surface area contributed by atoms with Crippen LogP contribution in [0.4, 0.5) is 5.82 Å². The number of carbonyl (C=O) groups is 1. The zero-order chi connectivity index (χ0) is 12.3. The van der Waals surface area contributed by atoms with Crippen molar-refractivity contribution in [3.63, 3.8) is 0 Å². The van der Waals surface area contributed by atoms with Crippen molar-refractivity contribution in [1.29, 1.82) is 0 Å². The molecule has 0 saturated heterocycles. The van der Waals surface area contributed by atoms with Crippen molar-refractivity contribution in [2.45, 2.75) is 6.42 Å². The molecule has 0 spiro atoms. The summed E-state index contributed by atoms with van der Waals surface area (Å²) in [7, 11) is 0. The zero-order valence-electron chi connectivity index (χ0n) is 8.92. The summed E-state index contributed by atoms with van der Waals surface area (Å²) in [5, 5.41) is 10.5. The molecule has 1 aromatic carbocycles. The molecule has 0 aliphatic rings. The lowest BCUT2D eigenvalue weighted by molar-refractivity contribution is -0.389. The van der Waals surface area contributed by atoms with E-state index in [1.807, 2.05) is 6.07 Å². The summed E-state index contributed by atoms with van der Waals surface area (Å²) in [4.78, 5) is 24.3. The van der Waals surface area contributed by atoms with Gasteiger partial charge in [0, 0.05) is 11.6 Å². The molecule has 86 valence electrons. The van der Waals surface area contributed by atoms with Crippen molar-refractivity contribution in [3.8, 4) is 0 Å². The maximum Gasteiger partial charge on any atom is 0.321 e. The van der Waals surface area contributed by atoms with E-state index >= 15 is 0 Å². The monoisotopic (exact) mass is 230 g/mol. The number of aromatic amines is 1. The first-order valence-electron chi connectivity index (χ1n) is 5.07. The SMILES string of the molecule is O=C(Cc1ccc([N+](=O)[O-])[nH]1)c1ccccc1. The molecule has 2 aromatic rings. The molecule has 2 rings (SSSR count). The summed E-state index contributed by atoms with van der Waals surface area (Å²) in [5.41, 5.74) is 1.15. The fourth-order valence-corrected chi connectivity index (χ4v) is 1.54. The molecule has 0 bridgehead atoms. The Morgan fingerprint density at radius 1 is 1.18 bits per heavy atom. The third kappa shape index (κ3) is 2.57. The third-order valence-corrected chi connectivity index (χ3v) is 2.37. The second kappa shape index (κ2) is 4.61. The molecular formula is C12H10N2O3. The van der Waals surface area contributed by atoms with E-state index in [1.165, 1.54) is 6.07 Å². The van der Waals surface area contributed by atoms with E-state index in [9.17, 15) is 14.9 Å². The zero-order valence-corrected chi connectivity index (χ0v) is 8.92. The molecule has 1 heterocycles. The van der Waals surface area contributed by atoms with Crippen LogP contribution in [0.3, 0.4) is 0 Å². The molecule has 0 saturated carbocycles. The number of aromatic nitrogens is 1. The van der Waals surface area contributed by atoms with Crippen LogP contribution in [0, 0.1) is 10.1 Å². The minimum absolute atomic E-state index is 0.0673. The second-order valence-electron chi connectivity index (χ2n) is 3.59. The first-order valence-corrected chi connectivity index (χ1v) is 5.07. The Hall–Kier alpha value is -2.43. The summed E-state index contributed by atoms with van der Waals surface area (Å²) in [5.74, 6) is -0.164. The largest absolute Gasteiger partial charge is 0.358 e. The topological polar surface area (TPSA) is 76.0 Å². The van der Waals surface area contributed by atoms with Crippen LogP contribution < -0.4 is 0 Å². The Kier molecular flexibility index (Phi) is 3.00. The van der Waals surface area contributed by atoms with Gasteiger partial charge in [-0.15, -0.1) is 0 Å². The van der Waals surface area contributed by atoms with E-state index < -0.39 is 4.92 Å². The van der Waals surface area contributed by atoms with Crippen molar-refractivity contribution in [3.05, 3.63) is 63.8 Å². The average Bonchev–Trinajstić information content (AvgIpc) is 2.79. The van der Waals surface area contributed by atoms with Gasteiger partial charge >= 0.3 is 5.82 Å². The number of carbonyl (C=O) groups excluding carboxylic acids is 1. The van der Waals surface area contributed by atoms with Crippen molar-refractivity contribution in [1.82, 2.24) is 4.98 Å². The Morgan fingerprint density at radius 2 is 1.88 bits per heavy atom. The van der Waals surface area contributed by atoms with Crippen LogP contribution >= 0.6 is 0 Å². The predicted molar refractivity (Wildman–Crippen MR) is 61.9 cm³/mol. The van der Waals surface area contributed by atoms with E-state index in [0.29, 0.717) is 11.3 Å². The number of hydrogen-bond donors (Lipinski definition) is 1. The molecule has 0 fully saturated rings. The maximum atomic E-state index is 11.8. The normalized spacial score (nSPS) is 10.1. The highest BCUT2D eigenvalue weighted by molar-refractivity contribution is 5.97. The van der Waals surface area contributed by atoms with Crippen LogP contribution in [0.25, 0.3) is 0 Å². The number of hydrogen-bond acceptors (Lipinski definition) is 3. The summed E-state index contributed by atoms with van der Waals surface area (Å²) in [6.07, 6.45) is 0.137. The highest BCUT2D eigenvalue weighted by Gasteiger charge is 2.12. The number of rotatable bonds is 4. The molecule has 0 aliphatic carbocycles. The lowest BCUT2D eigenvalue weighted by Crippen LogP contribution is -2.03. The van der Waals surface area contributed by atoms with E-state index in [-0.39, 0.29) is 18.0 Å². The van der Waals surface area contributed by atoms with Gasteiger partial charge in [0.25, 0.3) is 0 Å². The first kappa shape index (κ1) is 11.1. The summed E-state index contributed by atoms with van der Waals surface area (Å²) in [6.45, 7) is 0. The van der Waals surface area contributed by atoms with Gasteiger partial charge in [-0.1, -0.05) is 30.3 Å². The van der Waals surface area contributed by atoms with E-state index in [4.69, 9.17) is 0 Å². The number of nitro groups is 1. The minimum atomic E-state index is -0.517. The lowest BCUT2D eigenvalue weighted by atomic mass is 10.1. The first-order chi connectivity index (χ1) is 8.16. The van der Waals surface area contributed by atoms with Crippen LogP contribution in [0.5, 0.6) is 0 Å². The van der Waals surface area contributed by atoms with Gasteiger partial charge in [0.1, 0.15) is 5.69 Å². The Morgan fingerprint density at radius 3 is 2.47 bits per heavy atom. The molecule has 0 aliphatic heterocycles. The molecule has 0 unspecified atom stereocenters. The van der Waals surface area contributed by atoms with Crippen LogP contribution in [-0.2, 0) is 6.42 Å². The van der Waals surface area contributed by atoms with Gasteiger partial charge in [-0.3, -0.25) is 4.79 Å². The number of nitrogens with one attached hydrogen (secondary N) is 1. The van der Waals surface area contributed by atoms with E-state index in [0.717, 1.165) is 0 Å². The highest BCUT2D eigenvalue weighted by Crippen LogP contribution is 2.12. The number of ketones is 1. The van der Waals surface area contributed by atoms with Gasteiger partial charge in [0.2, 0.25) is 0 Å². The summed E-state index contributed by atoms with van der Waals surface area (Å²) >= 11 is 0. The summed E-state index contributed by atoms with van der Waals surface area (Å²) in [6, 6.07) is 11.7. The molecular weight excluding hydrogens is 220 g/mol. The average molecular weight is 230 g/mol. The number of H-pyrrole nitrogens is 1. The maximum absolute atomic E-state index is 11.8. The second-order valence-corrected chi connectivity index (χ2v) is 3.59. The van der Waals surface area contributed by atoms with Gasteiger partial charge in [-0.2, -0.15) is 0 Å². The quantitative estimate of drug-likeness (QED) is 0.497. The van der Waals surface area contributed by atoms with Gasteiger partial charge in [0.05, 0.1) is 6.42 Å². The van der Waals surface area contributed by atoms with Gasteiger partial charge in [0.15, 0.2) is 5.78 Å². The molecule has 5 heteroatoms. The number of Topliss-reactive ketones (excluding diaryl/α,β-unsaturated/α-hetero) is 1. The molecule has 0 radical (unpaired) electrons. The third-order valence-electron chi connectivity index (χ3n) is 2.37. The Balaban J connectivity index is 2.11. The standard InChI is InChI=1S/C12H10N2O3/c15-11(9-4-2-1-3-5-9)8-10-6-7-12(13-10)14(16)17/h1-7,13H,8H2. The minimum Gasteiger partial charge on any atom is -0.358 e. The molecule has 0 atom stereocenters. The van der Waals surface area contributed by atoms with Crippen LogP contribution in [-0.4, -0.2) is 15.7 Å². The fraction of sp³-hybridized carbons (Fsp3) is 0.0833. The smallest absolute Gasteiger partial charge is 0.321 e. The van der Waals surface area contributed by atoms with Crippen LogP contribution in [0.2, 0.25) is 0 Å². The van der Waals surface area contributed by atoms with Crippen molar-refractivity contribution >= 4 is 11.6 Å². The van der Waals surface area contributed by atoms with Crippen LogP contribution in [0.15, 0.2) is 42.5 Å². The van der Waals surface area contributed by atoms with Gasteiger partial charge < -0.3 is 10.1 Å². The number of nitrogens with zero attached hydrogens (tertiary/aromatic N) is 1. The Labute approximate surface area is 97.2 Å². The molecule has 0 amide bonds. The van der Waals surface area contributed by atoms with E-state index in [2.05, 4.69) is 4.98 Å². The molecule has 5 nitrogen and oxygen atoms in total. The lowest BCUT2D eigenvalue weighted by Gasteiger charge is -1.96.